The van der Waals surface area contributed by atoms with Gasteiger partial charge in [0, 0.05) is 30.6 Å². The van der Waals surface area contributed by atoms with Gasteiger partial charge >= 0.3 is 0 Å². The average molecular weight is 189 g/mol. The lowest BCUT2D eigenvalue weighted by atomic mass is 10.1. The van der Waals surface area contributed by atoms with Gasteiger partial charge in [-0.2, -0.15) is 0 Å². The predicted molar refractivity (Wildman–Crippen MR) is 58.2 cm³/mol. The van der Waals surface area contributed by atoms with Crippen LogP contribution in [-0.4, -0.2) is 14.1 Å². The van der Waals surface area contributed by atoms with Gasteiger partial charge in [-0.25, -0.2) is 4.39 Å². The molecular formula is C12H12FN. The maximum absolute atomic E-state index is 13.4. The van der Waals surface area contributed by atoms with Gasteiger partial charge in [0.05, 0.1) is 0 Å². The average Bonchev–Trinajstić information content (AvgIpc) is 2.17. The molecule has 0 amide bonds. The van der Waals surface area contributed by atoms with Gasteiger partial charge in [0.15, 0.2) is 0 Å². The molecule has 72 valence electrons. The molecule has 0 aliphatic rings. The van der Waals surface area contributed by atoms with Gasteiger partial charge in [0.2, 0.25) is 0 Å². The van der Waals surface area contributed by atoms with E-state index >= 15 is 0 Å². The summed E-state index contributed by atoms with van der Waals surface area (Å²) >= 11 is 0. The van der Waals surface area contributed by atoms with Crippen molar-refractivity contribution in [2.45, 2.75) is 0 Å². The summed E-state index contributed by atoms with van der Waals surface area (Å²) in [4.78, 5) is 1.99. The maximum atomic E-state index is 13.4. The van der Waals surface area contributed by atoms with Gasteiger partial charge in [-0.05, 0) is 12.1 Å². The Bertz CT molecular complexity index is 463. The van der Waals surface area contributed by atoms with Crippen molar-refractivity contribution < 1.29 is 4.39 Å². The van der Waals surface area contributed by atoms with Crippen LogP contribution in [0.2, 0.25) is 0 Å². The fourth-order valence-electron chi connectivity index (χ4n) is 1.65. The normalized spacial score (nSPS) is 10.5. The molecule has 0 saturated carbocycles. The highest BCUT2D eigenvalue weighted by Gasteiger charge is 2.04. The summed E-state index contributed by atoms with van der Waals surface area (Å²) in [5.74, 6) is -0.161. The molecule has 0 heterocycles. The number of fused-ring (bicyclic) bond motifs is 1. The molecule has 0 aliphatic carbocycles. The molecule has 2 aromatic rings. The standard InChI is InChI=1S/C12H12FN/c1-14(2)12-8-4-5-9-10(12)6-3-7-11(9)13/h3-8H,1-2H3. The number of hydrogen-bond acceptors (Lipinski definition) is 1. The van der Waals surface area contributed by atoms with Gasteiger partial charge in [-0.3, -0.25) is 0 Å². The van der Waals surface area contributed by atoms with E-state index in [1.54, 1.807) is 12.1 Å². The Balaban J connectivity index is 2.81. The molecule has 1 nitrogen and oxygen atoms in total. The third-order valence-electron chi connectivity index (χ3n) is 2.33. The Labute approximate surface area is 82.8 Å². The first-order valence-electron chi connectivity index (χ1n) is 4.55. The Hall–Kier alpha value is -1.57. The van der Waals surface area contributed by atoms with Crippen LogP contribution in [0.4, 0.5) is 10.1 Å². The molecule has 0 saturated heterocycles. The third-order valence-corrected chi connectivity index (χ3v) is 2.33. The molecule has 0 aliphatic heterocycles. The van der Waals surface area contributed by atoms with Gasteiger partial charge < -0.3 is 4.90 Å². The second-order valence-corrected chi connectivity index (χ2v) is 3.51. The van der Waals surface area contributed by atoms with Gasteiger partial charge in [0.25, 0.3) is 0 Å². The highest BCUT2D eigenvalue weighted by atomic mass is 19.1. The van der Waals surface area contributed by atoms with E-state index in [1.165, 1.54) is 6.07 Å². The zero-order valence-corrected chi connectivity index (χ0v) is 8.29. The monoisotopic (exact) mass is 189 g/mol. The largest absolute Gasteiger partial charge is 0.377 e. The SMILES string of the molecule is CN(C)c1cccc2c(F)cccc12. The van der Waals surface area contributed by atoms with Crippen LogP contribution in [-0.2, 0) is 0 Å². The van der Waals surface area contributed by atoms with E-state index in [9.17, 15) is 4.39 Å². The Kier molecular flexibility index (Phi) is 2.12. The van der Waals surface area contributed by atoms with E-state index in [-0.39, 0.29) is 5.82 Å². The first kappa shape index (κ1) is 9.00. The summed E-state index contributed by atoms with van der Waals surface area (Å²) in [6, 6.07) is 10.8. The molecule has 14 heavy (non-hydrogen) atoms. The van der Waals surface area contributed by atoms with Crippen molar-refractivity contribution in [2.24, 2.45) is 0 Å². The molecule has 0 radical (unpaired) electrons. The molecule has 0 fully saturated rings. The molecule has 0 spiro atoms. The summed E-state index contributed by atoms with van der Waals surface area (Å²) in [7, 11) is 3.92. The van der Waals surface area contributed by atoms with Crippen LogP contribution < -0.4 is 4.90 Å². The number of nitrogens with zero attached hydrogens (tertiary/aromatic N) is 1. The van der Waals surface area contributed by atoms with E-state index in [2.05, 4.69) is 0 Å². The van der Waals surface area contributed by atoms with Crippen LogP contribution in [0.5, 0.6) is 0 Å². The second-order valence-electron chi connectivity index (χ2n) is 3.51. The first-order chi connectivity index (χ1) is 6.70. The fraction of sp³-hybridized carbons (Fsp3) is 0.167. The van der Waals surface area contributed by atoms with Crippen LogP contribution in [0.1, 0.15) is 0 Å². The molecule has 0 unspecified atom stereocenters. The molecule has 0 bridgehead atoms. The Morgan fingerprint density at radius 2 is 1.57 bits per heavy atom. The minimum Gasteiger partial charge on any atom is -0.377 e. The van der Waals surface area contributed by atoms with E-state index in [0.29, 0.717) is 5.39 Å². The van der Waals surface area contributed by atoms with Crippen LogP contribution in [0.25, 0.3) is 10.8 Å². The van der Waals surface area contributed by atoms with Crippen molar-refractivity contribution in [1.82, 2.24) is 0 Å². The number of anilines is 1. The second kappa shape index (κ2) is 3.29. The number of hydrogen-bond donors (Lipinski definition) is 0. The van der Waals surface area contributed by atoms with Gasteiger partial charge in [-0.15, -0.1) is 0 Å². The Morgan fingerprint density at radius 3 is 2.29 bits per heavy atom. The summed E-state index contributed by atoms with van der Waals surface area (Å²) < 4.78 is 13.4. The molecule has 2 heteroatoms. The zero-order chi connectivity index (χ0) is 10.1. The lowest BCUT2D eigenvalue weighted by molar-refractivity contribution is 0.640. The smallest absolute Gasteiger partial charge is 0.131 e. The fourth-order valence-corrected chi connectivity index (χ4v) is 1.65. The van der Waals surface area contributed by atoms with Crippen LogP contribution in [0.15, 0.2) is 36.4 Å². The van der Waals surface area contributed by atoms with E-state index in [4.69, 9.17) is 0 Å². The van der Waals surface area contributed by atoms with Crippen molar-refractivity contribution in [3.63, 3.8) is 0 Å². The maximum Gasteiger partial charge on any atom is 0.131 e. The van der Waals surface area contributed by atoms with Crippen LogP contribution in [0.3, 0.4) is 0 Å². The predicted octanol–water partition coefficient (Wildman–Crippen LogP) is 3.04. The Morgan fingerprint density at radius 1 is 0.929 bits per heavy atom. The van der Waals surface area contributed by atoms with Crippen molar-refractivity contribution in [1.29, 1.82) is 0 Å². The van der Waals surface area contributed by atoms with Crippen molar-refractivity contribution in [3.05, 3.63) is 42.2 Å². The summed E-state index contributed by atoms with van der Waals surface area (Å²) in [6.45, 7) is 0. The van der Waals surface area contributed by atoms with Crippen molar-refractivity contribution in [3.8, 4) is 0 Å². The van der Waals surface area contributed by atoms with E-state index < -0.39 is 0 Å². The van der Waals surface area contributed by atoms with E-state index in [1.807, 2.05) is 37.2 Å². The van der Waals surface area contributed by atoms with Crippen LogP contribution in [0, 0.1) is 5.82 Å². The molecular weight excluding hydrogens is 177 g/mol. The number of rotatable bonds is 1. The zero-order valence-electron chi connectivity index (χ0n) is 8.29. The van der Waals surface area contributed by atoms with Crippen molar-refractivity contribution in [2.75, 3.05) is 19.0 Å². The minimum atomic E-state index is -0.161. The molecule has 0 atom stereocenters. The molecule has 0 aromatic heterocycles. The highest BCUT2D eigenvalue weighted by Crippen LogP contribution is 2.26. The highest BCUT2D eigenvalue weighted by molar-refractivity contribution is 5.94. The lowest BCUT2D eigenvalue weighted by Gasteiger charge is -2.15. The summed E-state index contributed by atoms with van der Waals surface area (Å²) in [5.41, 5.74) is 1.04. The molecule has 2 rings (SSSR count). The number of halogens is 1. The quantitative estimate of drug-likeness (QED) is 0.666. The molecule has 0 N–H and O–H groups in total. The van der Waals surface area contributed by atoms with Crippen molar-refractivity contribution >= 4 is 16.5 Å². The number of benzene rings is 2. The van der Waals surface area contributed by atoms with E-state index in [0.717, 1.165) is 11.1 Å². The summed E-state index contributed by atoms with van der Waals surface area (Å²) in [5, 5.41) is 1.64. The van der Waals surface area contributed by atoms with Gasteiger partial charge in [0.1, 0.15) is 5.82 Å². The lowest BCUT2D eigenvalue weighted by Crippen LogP contribution is -2.08. The topological polar surface area (TPSA) is 3.24 Å². The van der Waals surface area contributed by atoms with Crippen LogP contribution >= 0.6 is 0 Å². The minimum absolute atomic E-state index is 0.161. The first-order valence-corrected chi connectivity index (χ1v) is 4.55. The summed E-state index contributed by atoms with van der Waals surface area (Å²) in [6.07, 6.45) is 0. The molecule has 2 aromatic carbocycles. The third kappa shape index (κ3) is 1.33. The van der Waals surface area contributed by atoms with Gasteiger partial charge in [-0.1, -0.05) is 24.3 Å².